The summed E-state index contributed by atoms with van der Waals surface area (Å²) in [5.74, 6) is 1.85. The normalized spacial score (nSPS) is 20.1. The molecule has 0 aromatic heterocycles. The van der Waals surface area contributed by atoms with Crippen molar-refractivity contribution in [3.8, 4) is 11.5 Å². The smallest absolute Gasteiger partial charge is 0.220 e. The summed E-state index contributed by atoms with van der Waals surface area (Å²) in [4.78, 5) is 12.0. The van der Waals surface area contributed by atoms with Crippen LogP contribution in [0.25, 0.3) is 0 Å². The van der Waals surface area contributed by atoms with E-state index in [9.17, 15) is 4.79 Å². The molecule has 0 saturated heterocycles. The zero-order valence-electron chi connectivity index (χ0n) is 13.1. The van der Waals surface area contributed by atoms with Crippen LogP contribution < -0.4 is 20.5 Å². The second-order valence-electron chi connectivity index (χ2n) is 5.51. The summed E-state index contributed by atoms with van der Waals surface area (Å²) in [6.45, 7) is 0.432. The minimum Gasteiger partial charge on any atom is -0.497 e. The van der Waals surface area contributed by atoms with Crippen molar-refractivity contribution in [2.75, 3.05) is 14.2 Å². The standard InChI is InChI=1S/C16H24N2O3.ClH/c1-20-13-6-7-15(21-2)12(8-13)10-18-16(19)9-11-4-3-5-14(11)17;/h6-8,11,14H,3-5,9-10,17H2,1-2H3,(H,18,19);1H/t11-,14+;/m0./s1. The molecule has 3 N–H and O–H groups in total. The van der Waals surface area contributed by atoms with Gasteiger partial charge in [0.1, 0.15) is 11.5 Å². The van der Waals surface area contributed by atoms with Gasteiger partial charge in [-0.05, 0) is 37.0 Å². The first-order valence-electron chi connectivity index (χ1n) is 7.37. The van der Waals surface area contributed by atoms with Gasteiger partial charge in [-0.1, -0.05) is 6.42 Å². The highest BCUT2D eigenvalue weighted by molar-refractivity contribution is 5.85. The number of hydrogen-bond acceptors (Lipinski definition) is 4. The minimum absolute atomic E-state index is 0. The number of hydrogen-bond donors (Lipinski definition) is 2. The Labute approximate surface area is 138 Å². The quantitative estimate of drug-likeness (QED) is 0.840. The molecule has 0 spiro atoms. The third-order valence-electron chi connectivity index (χ3n) is 4.13. The second-order valence-corrected chi connectivity index (χ2v) is 5.51. The first-order valence-corrected chi connectivity index (χ1v) is 7.37. The average molecular weight is 329 g/mol. The van der Waals surface area contributed by atoms with Crippen molar-refractivity contribution in [1.82, 2.24) is 5.32 Å². The Balaban J connectivity index is 0.00000242. The Morgan fingerprint density at radius 1 is 1.32 bits per heavy atom. The highest BCUT2D eigenvalue weighted by Gasteiger charge is 2.25. The Bertz CT molecular complexity index is 496. The van der Waals surface area contributed by atoms with E-state index in [1.54, 1.807) is 14.2 Å². The number of ether oxygens (including phenoxy) is 2. The number of carbonyl (C=O) groups is 1. The summed E-state index contributed by atoms with van der Waals surface area (Å²) in [6, 6.07) is 5.72. The highest BCUT2D eigenvalue weighted by Crippen LogP contribution is 2.27. The maximum Gasteiger partial charge on any atom is 0.220 e. The Morgan fingerprint density at radius 3 is 2.68 bits per heavy atom. The zero-order chi connectivity index (χ0) is 15.2. The van der Waals surface area contributed by atoms with E-state index in [2.05, 4.69) is 5.32 Å². The molecule has 1 amide bonds. The molecule has 0 heterocycles. The summed E-state index contributed by atoms with van der Waals surface area (Å²) >= 11 is 0. The van der Waals surface area contributed by atoms with Crippen LogP contribution in [-0.2, 0) is 11.3 Å². The van der Waals surface area contributed by atoms with Crippen molar-refractivity contribution in [2.45, 2.75) is 38.3 Å². The fourth-order valence-corrected chi connectivity index (χ4v) is 2.84. The maximum atomic E-state index is 12.0. The Kier molecular flexibility index (Phi) is 7.48. The predicted molar refractivity (Wildman–Crippen MR) is 88.6 cm³/mol. The van der Waals surface area contributed by atoms with Crippen LogP contribution in [0.1, 0.15) is 31.2 Å². The summed E-state index contributed by atoms with van der Waals surface area (Å²) in [5.41, 5.74) is 6.91. The summed E-state index contributed by atoms with van der Waals surface area (Å²) in [5, 5.41) is 2.94. The zero-order valence-corrected chi connectivity index (χ0v) is 13.9. The lowest BCUT2D eigenvalue weighted by Crippen LogP contribution is -2.31. The first kappa shape index (κ1) is 18.6. The van der Waals surface area contributed by atoms with Gasteiger partial charge in [-0.3, -0.25) is 4.79 Å². The molecular weight excluding hydrogens is 304 g/mol. The van der Waals surface area contributed by atoms with Gasteiger partial charge in [0.05, 0.1) is 14.2 Å². The van der Waals surface area contributed by atoms with E-state index < -0.39 is 0 Å². The number of nitrogens with two attached hydrogens (primary N) is 1. The van der Waals surface area contributed by atoms with Crippen LogP contribution in [0.2, 0.25) is 0 Å². The summed E-state index contributed by atoms with van der Waals surface area (Å²) in [6.07, 6.45) is 3.72. The van der Waals surface area contributed by atoms with Gasteiger partial charge in [0.25, 0.3) is 0 Å². The fourth-order valence-electron chi connectivity index (χ4n) is 2.84. The molecule has 6 heteroatoms. The number of halogens is 1. The summed E-state index contributed by atoms with van der Waals surface area (Å²) < 4.78 is 10.5. The molecule has 1 aromatic rings. The van der Waals surface area contributed by atoms with E-state index in [-0.39, 0.29) is 24.4 Å². The van der Waals surface area contributed by atoms with Gasteiger partial charge in [-0.15, -0.1) is 12.4 Å². The van der Waals surface area contributed by atoms with E-state index in [0.29, 0.717) is 18.9 Å². The number of carbonyl (C=O) groups excluding carboxylic acids is 1. The van der Waals surface area contributed by atoms with Crippen LogP contribution >= 0.6 is 12.4 Å². The van der Waals surface area contributed by atoms with Crippen molar-refractivity contribution in [3.63, 3.8) is 0 Å². The lowest BCUT2D eigenvalue weighted by atomic mass is 10.00. The van der Waals surface area contributed by atoms with Gasteiger partial charge >= 0.3 is 0 Å². The fraction of sp³-hybridized carbons (Fsp3) is 0.562. The maximum absolute atomic E-state index is 12.0. The molecule has 2 atom stereocenters. The summed E-state index contributed by atoms with van der Waals surface area (Å²) in [7, 11) is 3.23. The van der Waals surface area contributed by atoms with E-state index in [0.717, 1.165) is 36.3 Å². The molecule has 5 nitrogen and oxygen atoms in total. The second kappa shape index (κ2) is 8.86. The van der Waals surface area contributed by atoms with Crippen LogP contribution in [0.5, 0.6) is 11.5 Å². The molecular formula is C16H25ClN2O3. The molecule has 1 fully saturated rings. The molecule has 0 unspecified atom stereocenters. The largest absolute Gasteiger partial charge is 0.497 e. The van der Waals surface area contributed by atoms with Crippen molar-refractivity contribution < 1.29 is 14.3 Å². The first-order chi connectivity index (χ1) is 10.1. The predicted octanol–water partition coefficient (Wildman–Crippen LogP) is 2.26. The third kappa shape index (κ3) is 4.78. The molecule has 22 heavy (non-hydrogen) atoms. The monoisotopic (exact) mass is 328 g/mol. The van der Waals surface area contributed by atoms with E-state index >= 15 is 0 Å². The minimum atomic E-state index is 0. The molecule has 0 bridgehead atoms. The van der Waals surface area contributed by atoms with Gasteiger partial charge in [0.15, 0.2) is 0 Å². The van der Waals surface area contributed by atoms with E-state index in [4.69, 9.17) is 15.2 Å². The highest BCUT2D eigenvalue weighted by atomic mass is 35.5. The number of nitrogens with one attached hydrogen (secondary N) is 1. The number of rotatable bonds is 6. The Hall–Kier alpha value is -1.46. The van der Waals surface area contributed by atoms with Gasteiger partial charge < -0.3 is 20.5 Å². The molecule has 2 rings (SSSR count). The number of amides is 1. The lowest BCUT2D eigenvalue weighted by Gasteiger charge is -2.15. The van der Waals surface area contributed by atoms with Crippen LogP contribution in [0.15, 0.2) is 18.2 Å². The third-order valence-corrected chi connectivity index (χ3v) is 4.13. The van der Waals surface area contributed by atoms with Gasteiger partial charge in [-0.2, -0.15) is 0 Å². The van der Waals surface area contributed by atoms with E-state index in [1.807, 2.05) is 18.2 Å². The molecule has 1 aromatic carbocycles. The average Bonchev–Trinajstić information content (AvgIpc) is 2.90. The lowest BCUT2D eigenvalue weighted by molar-refractivity contribution is -0.122. The van der Waals surface area contributed by atoms with Crippen molar-refractivity contribution in [1.29, 1.82) is 0 Å². The van der Waals surface area contributed by atoms with E-state index in [1.165, 1.54) is 0 Å². The van der Waals surface area contributed by atoms with Crippen LogP contribution in [0.3, 0.4) is 0 Å². The Morgan fingerprint density at radius 2 is 2.09 bits per heavy atom. The number of methoxy groups -OCH3 is 2. The molecule has 1 aliphatic rings. The molecule has 1 saturated carbocycles. The molecule has 0 aliphatic heterocycles. The van der Waals surface area contributed by atoms with Crippen LogP contribution in [0.4, 0.5) is 0 Å². The van der Waals surface area contributed by atoms with Crippen molar-refractivity contribution in [3.05, 3.63) is 23.8 Å². The van der Waals surface area contributed by atoms with Gasteiger partial charge in [-0.25, -0.2) is 0 Å². The van der Waals surface area contributed by atoms with Crippen LogP contribution in [0, 0.1) is 5.92 Å². The molecule has 124 valence electrons. The van der Waals surface area contributed by atoms with Crippen LogP contribution in [-0.4, -0.2) is 26.2 Å². The topological polar surface area (TPSA) is 73.6 Å². The van der Waals surface area contributed by atoms with Gasteiger partial charge in [0, 0.05) is 24.6 Å². The molecule has 0 radical (unpaired) electrons. The van der Waals surface area contributed by atoms with Crippen molar-refractivity contribution in [2.24, 2.45) is 11.7 Å². The van der Waals surface area contributed by atoms with Gasteiger partial charge in [0.2, 0.25) is 5.91 Å². The molecule has 1 aliphatic carbocycles. The SMILES string of the molecule is COc1ccc(OC)c(CNC(=O)C[C@@H]2CCC[C@H]2N)c1.Cl. The number of benzene rings is 1. The van der Waals surface area contributed by atoms with Crippen molar-refractivity contribution >= 4 is 18.3 Å².